The van der Waals surface area contributed by atoms with Gasteiger partial charge in [0.05, 0.1) is 6.54 Å². The van der Waals surface area contributed by atoms with Crippen LogP contribution in [0.25, 0.3) is 0 Å². The molecule has 1 aromatic carbocycles. The van der Waals surface area contributed by atoms with Gasteiger partial charge >= 0.3 is 0 Å². The van der Waals surface area contributed by atoms with Crippen LogP contribution in [0.4, 0.5) is 0 Å². The van der Waals surface area contributed by atoms with Crippen LogP contribution < -0.4 is 5.32 Å². The zero-order chi connectivity index (χ0) is 22.8. The van der Waals surface area contributed by atoms with E-state index in [0.717, 1.165) is 64.2 Å². The van der Waals surface area contributed by atoms with Crippen molar-refractivity contribution in [2.45, 2.75) is 52.5 Å². The minimum atomic E-state index is 0.158. The van der Waals surface area contributed by atoms with Gasteiger partial charge in [-0.25, -0.2) is 0 Å². The maximum Gasteiger partial charge on any atom is 0.225 e. The van der Waals surface area contributed by atoms with Crippen LogP contribution in [0.3, 0.4) is 0 Å². The van der Waals surface area contributed by atoms with E-state index >= 15 is 0 Å². The summed E-state index contributed by atoms with van der Waals surface area (Å²) >= 11 is 0. The maximum atomic E-state index is 12.6. The van der Waals surface area contributed by atoms with E-state index in [0.29, 0.717) is 12.5 Å². The number of nitrogens with one attached hydrogen (secondary N) is 1. The van der Waals surface area contributed by atoms with Crippen LogP contribution >= 0.6 is 0 Å². The summed E-state index contributed by atoms with van der Waals surface area (Å²) in [5.41, 5.74) is 2.01. The van der Waals surface area contributed by atoms with E-state index in [4.69, 9.17) is 0 Å². The van der Waals surface area contributed by atoms with Crippen molar-refractivity contribution in [1.82, 2.24) is 20.0 Å². The Balaban J connectivity index is 1.36. The first-order chi connectivity index (χ1) is 15.6. The first kappa shape index (κ1) is 24.9. The molecule has 3 rings (SSSR count). The van der Waals surface area contributed by atoms with E-state index in [1.165, 1.54) is 37.9 Å². The second kappa shape index (κ2) is 13.1. The van der Waals surface area contributed by atoms with Crippen LogP contribution in [0.2, 0.25) is 0 Å². The second-order valence-electron chi connectivity index (χ2n) is 9.26. The molecule has 1 aromatic rings. The summed E-state index contributed by atoms with van der Waals surface area (Å²) in [5, 5.41) is 3.31. The number of rotatable bonds is 11. The number of nitrogens with zero attached hydrogens (tertiary/aromatic N) is 3. The third kappa shape index (κ3) is 7.39. The molecule has 2 aliphatic rings. The number of carbonyl (C=O) groups excluding carboxylic acids is 2. The molecule has 0 aliphatic carbocycles. The van der Waals surface area contributed by atoms with E-state index in [1.807, 2.05) is 17.0 Å². The average Bonchev–Trinajstić information content (AvgIpc) is 2.84. The second-order valence-corrected chi connectivity index (χ2v) is 9.26. The van der Waals surface area contributed by atoms with Crippen molar-refractivity contribution < 1.29 is 9.59 Å². The molecule has 2 saturated heterocycles. The zero-order valence-electron chi connectivity index (χ0n) is 20.2. The van der Waals surface area contributed by atoms with Crippen LogP contribution in [0.15, 0.2) is 24.3 Å². The van der Waals surface area contributed by atoms with E-state index in [1.54, 1.807) is 0 Å². The molecular weight excluding hydrogens is 400 g/mol. The number of hydrogen-bond donors (Lipinski definition) is 1. The SMILES string of the molecule is CCN(CC)C(=O)C1CCN(Cc2ccc(C(=O)CNCCN3CCCCC3)cc2)CC1. The third-order valence-corrected chi connectivity index (χ3v) is 7.03. The van der Waals surface area contributed by atoms with Crippen LogP contribution in [0.5, 0.6) is 0 Å². The number of amides is 1. The van der Waals surface area contributed by atoms with Gasteiger partial charge in [-0.15, -0.1) is 0 Å². The van der Waals surface area contributed by atoms with Gasteiger partial charge in [0.2, 0.25) is 5.91 Å². The van der Waals surface area contributed by atoms with Gasteiger partial charge in [-0.05, 0) is 71.3 Å². The lowest BCUT2D eigenvalue weighted by Crippen LogP contribution is -2.42. The highest BCUT2D eigenvalue weighted by Crippen LogP contribution is 2.21. The first-order valence-corrected chi connectivity index (χ1v) is 12.7. The minimum Gasteiger partial charge on any atom is -0.343 e. The highest BCUT2D eigenvalue weighted by molar-refractivity contribution is 5.97. The Morgan fingerprint density at radius 2 is 1.59 bits per heavy atom. The Morgan fingerprint density at radius 3 is 2.22 bits per heavy atom. The lowest BCUT2D eigenvalue weighted by atomic mass is 9.94. The highest BCUT2D eigenvalue weighted by Gasteiger charge is 2.27. The van der Waals surface area contributed by atoms with Crippen LogP contribution in [0, 0.1) is 5.92 Å². The fourth-order valence-electron chi connectivity index (χ4n) is 4.91. The number of carbonyl (C=O) groups is 2. The molecule has 6 nitrogen and oxygen atoms in total. The lowest BCUT2D eigenvalue weighted by molar-refractivity contribution is -0.136. The van der Waals surface area contributed by atoms with Gasteiger partial charge in [-0.1, -0.05) is 30.7 Å². The number of piperidine rings is 2. The van der Waals surface area contributed by atoms with Gasteiger partial charge in [-0.2, -0.15) is 0 Å². The van der Waals surface area contributed by atoms with Gasteiger partial charge < -0.3 is 15.1 Å². The molecule has 0 atom stereocenters. The Kier molecular flexibility index (Phi) is 10.2. The Hall–Kier alpha value is -1.76. The van der Waals surface area contributed by atoms with Gasteiger partial charge in [0, 0.05) is 44.2 Å². The summed E-state index contributed by atoms with van der Waals surface area (Å²) in [6, 6.07) is 8.07. The van der Waals surface area contributed by atoms with Crippen molar-refractivity contribution >= 4 is 11.7 Å². The average molecular weight is 443 g/mol. The smallest absolute Gasteiger partial charge is 0.225 e. The summed E-state index contributed by atoms with van der Waals surface area (Å²) in [6.07, 6.45) is 5.84. The molecule has 0 unspecified atom stereocenters. The molecule has 2 fully saturated rings. The molecule has 0 bridgehead atoms. The van der Waals surface area contributed by atoms with E-state index < -0.39 is 0 Å². The van der Waals surface area contributed by atoms with Crippen molar-refractivity contribution in [3.05, 3.63) is 35.4 Å². The molecule has 178 valence electrons. The molecule has 0 saturated carbocycles. The molecule has 6 heteroatoms. The van der Waals surface area contributed by atoms with Gasteiger partial charge in [0.25, 0.3) is 0 Å². The number of Topliss-reactive ketones (excluding diaryl/α,β-unsaturated/α-hetero) is 1. The standard InChI is InChI=1S/C26H42N4O2/c1-3-30(4-2)26(32)24-12-17-29(18-13-24)21-22-8-10-23(11-9-22)25(31)20-27-14-19-28-15-6-5-7-16-28/h8-11,24,27H,3-7,12-21H2,1-2H3. The molecule has 2 heterocycles. The van der Waals surface area contributed by atoms with Gasteiger partial charge in [0.15, 0.2) is 5.78 Å². The largest absolute Gasteiger partial charge is 0.343 e. The Bertz CT molecular complexity index is 703. The summed E-state index contributed by atoms with van der Waals surface area (Å²) in [4.78, 5) is 31.9. The molecule has 1 N–H and O–H groups in total. The van der Waals surface area contributed by atoms with Crippen LogP contribution in [-0.4, -0.2) is 85.3 Å². The number of ketones is 1. The van der Waals surface area contributed by atoms with Crippen molar-refractivity contribution in [1.29, 1.82) is 0 Å². The number of likely N-dealkylation sites (tertiary alicyclic amines) is 2. The minimum absolute atomic E-state index is 0.158. The monoisotopic (exact) mass is 442 g/mol. The molecule has 1 amide bonds. The normalized spacial score (nSPS) is 18.6. The Morgan fingerprint density at radius 1 is 0.938 bits per heavy atom. The van der Waals surface area contributed by atoms with E-state index in [9.17, 15) is 9.59 Å². The predicted octanol–water partition coefficient (Wildman–Crippen LogP) is 3.03. The van der Waals surface area contributed by atoms with Gasteiger partial charge in [0.1, 0.15) is 0 Å². The fraction of sp³-hybridized carbons (Fsp3) is 0.692. The van der Waals surface area contributed by atoms with Crippen molar-refractivity contribution in [2.24, 2.45) is 5.92 Å². The molecule has 0 spiro atoms. The van der Waals surface area contributed by atoms with Crippen molar-refractivity contribution in [2.75, 3.05) is 58.9 Å². The molecule has 2 aliphatic heterocycles. The molecule has 0 radical (unpaired) electrons. The van der Waals surface area contributed by atoms with Crippen molar-refractivity contribution in [3.8, 4) is 0 Å². The van der Waals surface area contributed by atoms with Crippen molar-refractivity contribution in [3.63, 3.8) is 0 Å². The van der Waals surface area contributed by atoms with E-state index in [2.05, 4.69) is 41.1 Å². The summed E-state index contributed by atoms with van der Waals surface area (Å²) in [7, 11) is 0. The quantitative estimate of drug-likeness (QED) is 0.422. The predicted molar refractivity (Wildman–Crippen MR) is 130 cm³/mol. The third-order valence-electron chi connectivity index (χ3n) is 7.03. The number of benzene rings is 1. The molecule has 0 aromatic heterocycles. The zero-order valence-corrected chi connectivity index (χ0v) is 20.2. The topological polar surface area (TPSA) is 55.9 Å². The van der Waals surface area contributed by atoms with Gasteiger partial charge in [-0.3, -0.25) is 14.5 Å². The maximum absolute atomic E-state index is 12.6. The lowest BCUT2D eigenvalue weighted by Gasteiger charge is -2.33. The van der Waals surface area contributed by atoms with Crippen LogP contribution in [0.1, 0.15) is 61.9 Å². The van der Waals surface area contributed by atoms with E-state index in [-0.39, 0.29) is 11.7 Å². The molecular formula is C26H42N4O2. The Labute approximate surface area is 194 Å². The summed E-state index contributed by atoms with van der Waals surface area (Å²) in [6.45, 7) is 13.2. The summed E-state index contributed by atoms with van der Waals surface area (Å²) < 4.78 is 0. The number of hydrogen-bond acceptors (Lipinski definition) is 5. The summed E-state index contributed by atoms with van der Waals surface area (Å²) in [5.74, 6) is 0.654. The highest BCUT2D eigenvalue weighted by atomic mass is 16.2. The van der Waals surface area contributed by atoms with Crippen LogP contribution in [-0.2, 0) is 11.3 Å². The first-order valence-electron chi connectivity index (χ1n) is 12.7. The molecule has 32 heavy (non-hydrogen) atoms. The fourth-order valence-corrected chi connectivity index (χ4v) is 4.91.